The van der Waals surface area contributed by atoms with Crippen molar-refractivity contribution in [2.75, 3.05) is 13.6 Å². The molecule has 1 unspecified atom stereocenters. The summed E-state index contributed by atoms with van der Waals surface area (Å²) in [5.74, 6) is 1.08. The summed E-state index contributed by atoms with van der Waals surface area (Å²) in [7, 11) is 2.15. The first-order valence-corrected chi connectivity index (χ1v) is 6.00. The maximum Gasteiger partial charge on any atom is 0.115 e. The van der Waals surface area contributed by atoms with Crippen molar-refractivity contribution in [1.29, 1.82) is 0 Å². The molecule has 0 saturated heterocycles. The average Bonchev–Trinajstić information content (AvgIpc) is 2.26. The number of hydrogen-bond acceptors (Lipinski definition) is 2. The van der Waals surface area contributed by atoms with Crippen LogP contribution in [0.15, 0.2) is 24.3 Å². The molecule has 0 radical (unpaired) electrons. The van der Waals surface area contributed by atoms with Gasteiger partial charge in [-0.05, 0) is 50.6 Å². The molecule has 1 aromatic rings. The van der Waals surface area contributed by atoms with Crippen LogP contribution in [0.2, 0.25) is 0 Å². The minimum Gasteiger partial charge on any atom is -0.508 e. The molecular formula is C14H23NO. The number of nitrogens with zero attached hydrogens (tertiary/aromatic N) is 1. The maximum absolute atomic E-state index is 9.24. The van der Waals surface area contributed by atoms with E-state index in [9.17, 15) is 5.11 Å². The Hall–Kier alpha value is -1.02. The van der Waals surface area contributed by atoms with Gasteiger partial charge < -0.3 is 5.11 Å². The van der Waals surface area contributed by atoms with Gasteiger partial charge in [-0.2, -0.15) is 0 Å². The second kappa shape index (κ2) is 5.90. The molecule has 2 heteroatoms. The van der Waals surface area contributed by atoms with Crippen LogP contribution in [0.1, 0.15) is 38.8 Å². The molecule has 0 aliphatic carbocycles. The summed E-state index contributed by atoms with van der Waals surface area (Å²) >= 11 is 0. The Bertz CT molecular complexity index is 305. The molecule has 90 valence electrons. The first-order valence-electron chi connectivity index (χ1n) is 6.00. The van der Waals surface area contributed by atoms with Gasteiger partial charge in [-0.15, -0.1) is 0 Å². The molecule has 0 bridgehead atoms. The minimum atomic E-state index is 0.334. The molecule has 1 aromatic carbocycles. The van der Waals surface area contributed by atoms with E-state index in [1.807, 2.05) is 12.1 Å². The van der Waals surface area contributed by atoms with E-state index in [1.54, 1.807) is 12.1 Å². The predicted octanol–water partition coefficient (Wildman–Crippen LogP) is 3.43. The summed E-state index contributed by atoms with van der Waals surface area (Å²) < 4.78 is 0. The summed E-state index contributed by atoms with van der Waals surface area (Å²) in [5.41, 5.74) is 1.25. The molecule has 0 aromatic heterocycles. The van der Waals surface area contributed by atoms with Crippen molar-refractivity contribution in [3.8, 4) is 5.75 Å². The summed E-state index contributed by atoms with van der Waals surface area (Å²) in [6, 6.07) is 7.89. The summed E-state index contributed by atoms with van der Waals surface area (Å²) in [5, 5.41) is 9.24. The lowest BCUT2D eigenvalue weighted by molar-refractivity contribution is 0.246. The van der Waals surface area contributed by atoms with Gasteiger partial charge in [-0.3, -0.25) is 4.90 Å². The number of aromatic hydroxyl groups is 1. The van der Waals surface area contributed by atoms with E-state index in [1.165, 1.54) is 12.0 Å². The van der Waals surface area contributed by atoms with Gasteiger partial charge in [0.15, 0.2) is 0 Å². The Morgan fingerprint density at radius 2 is 1.69 bits per heavy atom. The highest BCUT2D eigenvalue weighted by Crippen LogP contribution is 2.21. The molecule has 0 spiro atoms. The van der Waals surface area contributed by atoms with E-state index in [-0.39, 0.29) is 0 Å². The third kappa shape index (κ3) is 3.86. The standard InChI is InChI=1S/C14H23NO/c1-11(2)9-10-15(4)12(3)13-5-7-14(16)8-6-13/h5-8,11-12,16H,9-10H2,1-4H3. The number of benzene rings is 1. The van der Waals surface area contributed by atoms with Crippen LogP contribution in [0.5, 0.6) is 5.75 Å². The SMILES string of the molecule is CC(C)CCN(C)C(C)c1ccc(O)cc1. The minimum absolute atomic E-state index is 0.334. The van der Waals surface area contributed by atoms with E-state index in [2.05, 4.69) is 32.7 Å². The van der Waals surface area contributed by atoms with Crippen LogP contribution in [-0.4, -0.2) is 23.6 Å². The fourth-order valence-electron chi connectivity index (χ4n) is 1.66. The van der Waals surface area contributed by atoms with Crippen LogP contribution < -0.4 is 0 Å². The van der Waals surface area contributed by atoms with Crippen molar-refractivity contribution in [3.63, 3.8) is 0 Å². The summed E-state index contributed by atoms with van der Waals surface area (Å²) in [6.07, 6.45) is 1.22. The monoisotopic (exact) mass is 221 g/mol. The van der Waals surface area contributed by atoms with Gasteiger partial charge in [0.1, 0.15) is 5.75 Å². The van der Waals surface area contributed by atoms with Crippen molar-refractivity contribution in [2.45, 2.75) is 33.2 Å². The molecular weight excluding hydrogens is 198 g/mol. The molecule has 0 aliphatic rings. The van der Waals surface area contributed by atoms with Crippen molar-refractivity contribution >= 4 is 0 Å². The summed E-state index contributed by atoms with van der Waals surface area (Å²) in [4.78, 5) is 2.35. The first kappa shape index (κ1) is 13.0. The molecule has 1 atom stereocenters. The highest BCUT2D eigenvalue weighted by Gasteiger charge is 2.11. The van der Waals surface area contributed by atoms with Gasteiger partial charge in [0.25, 0.3) is 0 Å². The van der Waals surface area contributed by atoms with Crippen LogP contribution >= 0.6 is 0 Å². The zero-order valence-electron chi connectivity index (χ0n) is 10.8. The topological polar surface area (TPSA) is 23.5 Å². The lowest BCUT2D eigenvalue weighted by atomic mass is 10.1. The fraction of sp³-hybridized carbons (Fsp3) is 0.571. The molecule has 1 rings (SSSR count). The Balaban J connectivity index is 2.56. The van der Waals surface area contributed by atoms with Gasteiger partial charge in [0.05, 0.1) is 0 Å². The van der Waals surface area contributed by atoms with Gasteiger partial charge in [0, 0.05) is 6.04 Å². The highest BCUT2D eigenvalue weighted by atomic mass is 16.3. The predicted molar refractivity (Wildman–Crippen MR) is 68.6 cm³/mol. The maximum atomic E-state index is 9.24. The highest BCUT2D eigenvalue weighted by molar-refractivity contribution is 5.27. The normalized spacial score (nSPS) is 13.4. The van der Waals surface area contributed by atoms with Crippen LogP contribution in [0.4, 0.5) is 0 Å². The number of rotatable bonds is 5. The van der Waals surface area contributed by atoms with Crippen molar-refractivity contribution < 1.29 is 5.11 Å². The fourth-order valence-corrected chi connectivity index (χ4v) is 1.66. The van der Waals surface area contributed by atoms with Gasteiger partial charge in [-0.25, -0.2) is 0 Å². The third-order valence-corrected chi connectivity index (χ3v) is 3.10. The van der Waals surface area contributed by atoms with Crippen molar-refractivity contribution in [1.82, 2.24) is 4.90 Å². The molecule has 2 nitrogen and oxygen atoms in total. The van der Waals surface area contributed by atoms with Gasteiger partial charge >= 0.3 is 0 Å². The average molecular weight is 221 g/mol. The molecule has 0 fully saturated rings. The van der Waals surface area contributed by atoms with E-state index in [0.717, 1.165) is 12.5 Å². The van der Waals surface area contributed by atoms with E-state index in [4.69, 9.17) is 0 Å². The summed E-state index contributed by atoms with van der Waals surface area (Å²) in [6.45, 7) is 7.81. The Morgan fingerprint density at radius 1 is 1.12 bits per heavy atom. The van der Waals surface area contributed by atoms with Crippen LogP contribution in [0, 0.1) is 5.92 Å². The number of phenols is 1. The second-order valence-electron chi connectivity index (χ2n) is 4.93. The molecule has 0 saturated carbocycles. The Labute approximate surface area is 98.9 Å². The van der Waals surface area contributed by atoms with Crippen LogP contribution in [0.3, 0.4) is 0 Å². The lowest BCUT2D eigenvalue weighted by Crippen LogP contribution is -2.24. The largest absolute Gasteiger partial charge is 0.508 e. The zero-order valence-corrected chi connectivity index (χ0v) is 10.8. The number of phenolic OH excluding ortho intramolecular Hbond substituents is 1. The quantitative estimate of drug-likeness (QED) is 0.823. The van der Waals surface area contributed by atoms with Crippen molar-refractivity contribution in [3.05, 3.63) is 29.8 Å². The van der Waals surface area contributed by atoms with E-state index < -0.39 is 0 Å². The molecule has 0 amide bonds. The lowest BCUT2D eigenvalue weighted by Gasteiger charge is -2.25. The Kier molecular flexibility index (Phi) is 4.81. The van der Waals surface area contributed by atoms with Crippen LogP contribution in [-0.2, 0) is 0 Å². The van der Waals surface area contributed by atoms with Crippen LogP contribution in [0.25, 0.3) is 0 Å². The molecule has 0 aliphatic heterocycles. The first-order chi connectivity index (χ1) is 7.50. The Morgan fingerprint density at radius 3 is 2.19 bits per heavy atom. The zero-order chi connectivity index (χ0) is 12.1. The third-order valence-electron chi connectivity index (χ3n) is 3.10. The van der Waals surface area contributed by atoms with E-state index >= 15 is 0 Å². The van der Waals surface area contributed by atoms with Gasteiger partial charge in [-0.1, -0.05) is 26.0 Å². The molecule has 16 heavy (non-hydrogen) atoms. The molecule has 0 heterocycles. The molecule has 1 N–H and O–H groups in total. The van der Waals surface area contributed by atoms with E-state index in [0.29, 0.717) is 11.8 Å². The number of hydrogen-bond donors (Lipinski definition) is 1. The smallest absolute Gasteiger partial charge is 0.115 e. The van der Waals surface area contributed by atoms with Gasteiger partial charge in [0.2, 0.25) is 0 Å². The second-order valence-corrected chi connectivity index (χ2v) is 4.93. The van der Waals surface area contributed by atoms with Crippen molar-refractivity contribution in [2.24, 2.45) is 5.92 Å².